The first kappa shape index (κ1) is 20.7. The highest BCUT2D eigenvalue weighted by Gasteiger charge is 2.26. The van der Waals surface area contributed by atoms with Crippen molar-refractivity contribution in [3.8, 4) is 17.2 Å². The van der Waals surface area contributed by atoms with E-state index in [4.69, 9.17) is 19.6 Å². The molecule has 2 aromatic rings. The highest BCUT2D eigenvalue weighted by molar-refractivity contribution is 5.75. The molecule has 1 aliphatic rings. The van der Waals surface area contributed by atoms with Crippen LogP contribution in [0.5, 0.6) is 17.2 Å². The number of carbonyl (C=O) groups is 1. The molecule has 1 atom stereocenters. The maximum Gasteiger partial charge on any atom is 0.227 e. The number of methoxy groups -OCH3 is 1. The lowest BCUT2D eigenvalue weighted by Gasteiger charge is -2.26. The van der Waals surface area contributed by atoms with Crippen molar-refractivity contribution in [3.05, 3.63) is 51.6 Å². The Morgan fingerprint density at radius 3 is 2.62 bits per heavy atom. The Labute approximate surface area is 167 Å². The van der Waals surface area contributed by atoms with Crippen LogP contribution in [-0.4, -0.2) is 54.4 Å². The van der Waals surface area contributed by atoms with Gasteiger partial charge in [0.2, 0.25) is 17.1 Å². The molecule has 1 amide bonds. The van der Waals surface area contributed by atoms with Gasteiger partial charge in [-0.05, 0) is 17.7 Å². The Kier molecular flexibility index (Phi) is 6.40. The fraction of sp³-hybridized carbons (Fsp3) is 0.400. The summed E-state index contributed by atoms with van der Waals surface area (Å²) in [4.78, 5) is 26.1. The molecule has 1 aliphatic heterocycles. The molecule has 0 aliphatic carbocycles. The monoisotopic (exact) mass is 404 g/mol. The highest BCUT2D eigenvalue weighted by Crippen LogP contribution is 2.37. The van der Waals surface area contributed by atoms with Crippen LogP contribution >= 0.6 is 0 Å². The zero-order chi connectivity index (χ0) is 21.0. The molecule has 1 saturated heterocycles. The van der Waals surface area contributed by atoms with Gasteiger partial charge >= 0.3 is 0 Å². The summed E-state index contributed by atoms with van der Waals surface area (Å²) in [5, 5.41) is 20.5. The summed E-state index contributed by atoms with van der Waals surface area (Å²) in [6.45, 7) is 2.92. The van der Waals surface area contributed by atoms with Crippen LogP contribution in [0.3, 0.4) is 0 Å². The molecule has 1 fully saturated rings. The van der Waals surface area contributed by atoms with E-state index >= 15 is 0 Å². The zero-order valence-corrected chi connectivity index (χ0v) is 16.1. The van der Waals surface area contributed by atoms with Gasteiger partial charge in [0, 0.05) is 25.6 Å². The lowest BCUT2D eigenvalue weighted by molar-refractivity contribution is -0.118. The maximum absolute atomic E-state index is 12.4. The van der Waals surface area contributed by atoms with E-state index in [0.29, 0.717) is 44.2 Å². The second kappa shape index (κ2) is 8.97. The fourth-order valence-corrected chi connectivity index (χ4v) is 3.34. The minimum atomic E-state index is -0.846. The minimum Gasteiger partial charge on any atom is -0.504 e. The van der Waals surface area contributed by atoms with E-state index in [2.05, 4.69) is 4.90 Å². The SMILES string of the molecule is COc1ccc([C@H](CC(N)=O)c2oc(CN3CCOCC3)cc(=O)c2O)cc1O. The highest BCUT2D eigenvalue weighted by atomic mass is 16.5. The van der Waals surface area contributed by atoms with Gasteiger partial charge < -0.3 is 29.8 Å². The lowest BCUT2D eigenvalue weighted by atomic mass is 9.91. The number of morpholine rings is 1. The minimum absolute atomic E-state index is 0.0656. The van der Waals surface area contributed by atoms with E-state index in [1.54, 1.807) is 6.07 Å². The molecule has 0 radical (unpaired) electrons. The van der Waals surface area contributed by atoms with Gasteiger partial charge in [-0.15, -0.1) is 0 Å². The third-order valence-corrected chi connectivity index (χ3v) is 4.81. The first-order valence-corrected chi connectivity index (χ1v) is 9.20. The van der Waals surface area contributed by atoms with Crippen molar-refractivity contribution < 1.29 is 28.9 Å². The number of amides is 1. The number of phenols is 1. The van der Waals surface area contributed by atoms with Gasteiger partial charge in [0.05, 0.1) is 32.8 Å². The van der Waals surface area contributed by atoms with E-state index in [1.807, 2.05) is 0 Å². The van der Waals surface area contributed by atoms with Crippen molar-refractivity contribution in [2.45, 2.75) is 18.9 Å². The summed E-state index contributed by atoms with van der Waals surface area (Å²) in [5.41, 5.74) is 5.23. The van der Waals surface area contributed by atoms with Crippen LogP contribution in [0.4, 0.5) is 0 Å². The average molecular weight is 404 g/mol. The van der Waals surface area contributed by atoms with Crippen LogP contribution in [0, 0.1) is 0 Å². The number of benzene rings is 1. The number of aromatic hydroxyl groups is 2. The van der Waals surface area contributed by atoms with Gasteiger partial charge in [0.25, 0.3) is 0 Å². The van der Waals surface area contributed by atoms with Gasteiger partial charge in [-0.3, -0.25) is 14.5 Å². The molecule has 0 saturated carbocycles. The predicted octanol–water partition coefficient (Wildman–Crippen LogP) is 0.899. The molecule has 0 unspecified atom stereocenters. The fourth-order valence-electron chi connectivity index (χ4n) is 3.34. The summed E-state index contributed by atoms with van der Waals surface area (Å²) in [6.07, 6.45) is -0.219. The van der Waals surface area contributed by atoms with Crippen molar-refractivity contribution in [2.24, 2.45) is 5.73 Å². The summed E-state index contributed by atoms with van der Waals surface area (Å²) in [7, 11) is 1.41. The lowest BCUT2D eigenvalue weighted by Crippen LogP contribution is -2.35. The number of hydrogen-bond donors (Lipinski definition) is 3. The van der Waals surface area contributed by atoms with Gasteiger partial charge in [-0.2, -0.15) is 0 Å². The normalized spacial score (nSPS) is 15.8. The Balaban J connectivity index is 2.01. The molecular formula is C20H24N2O7. The molecule has 3 rings (SSSR count). The number of hydrogen-bond acceptors (Lipinski definition) is 8. The van der Waals surface area contributed by atoms with Crippen LogP contribution in [0.15, 0.2) is 33.5 Å². The van der Waals surface area contributed by atoms with Gasteiger partial charge in [0.1, 0.15) is 5.76 Å². The molecule has 156 valence electrons. The van der Waals surface area contributed by atoms with Crippen molar-refractivity contribution in [1.29, 1.82) is 0 Å². The van der Waals surface area contributed by atoms with Crippen molar-refractivity contribution in [2.75, 3.05) is 33.4 Å². The van der Waals surface area contributed by atoms with Crippen LogP contribution in [0.2, 0.25) is 0 Å². The van der Waals surface area contributed by atoms with E-state index in [-0.39, 0.29) is 23.7 Å². The summed E-state index contributed by atoms with van der Waals surface area (Å²) < 4.78 is 16.2. The number of phenolic OH excluding ortho intramolecular Hbond substituents is 1. The third kappa shape index (κ3) is 4.87. The van der Waals surface area contributed by atoms with Crippen molar-refractivity contribution >= 4 is 5.91 Å². The smallest absolute Gasteiger partial charge is 0.227 e. The van der Waals surface area contributed by atoms with Gasteiger partial charge in [0.15, 0.2) is 17.3 Å². The third-order valence-electron chi connectivity index (χ3n) is 4.81. The van der Waals surface area contributed by atoms with Crippen LogP contribution in [0.1, 0.15) is 29.4 Å². The summed E-state index contributed by atoms with van der Waals surface area (Å²) >= 11 is 0. The number of ether oxygens (including phenoxy) is 2. The van der Waals surface area contributed by atoms with E-state index in [1.165, 1.54) is 25.3 Å². The van der Waals surface area contributed by atoms with Crippen LogP contribution in [0.25, 0.3) is 0 Å². The Morgan fingerprint density at radius 2 is 2.00 bits per heavy atom. The average Bonchev–Trinajstić information content (AvgIpc) is 2.69. The molecule has 2 heterocycles. The number of primary amides is 1. The second-order valence-corrected chi connectivity index (χ2v) is 6.83. The molecule has 9 heteroatoms. The predicted molar refractivity (Wildman–Crippen MR) is 103 cm³/mol. The topological polar surface area (TPSA) is 135 Å². The van der Waals surface area contributed by atoms with E-state index in [0.717, 1.165) is 0 Å². The summed E-state index contributed by atoms with van der Waals surface area (Å²) in [6, 6.07) is 5.76. The zero-order valence-electron chi connectivity index (χ0n) is 16.1. The Bertz CT molecular complexity index is 935. The number of rotatable bonds is 7. The first-order valence-electron chi connectivity index (χ1n) is 9.20. The number of carbonyl (C=O) groups excluding carboxylic acids is 1. The largest absolute Gasteiger partial charge is 0.504 e. The number of nitrogens with zero attached hydrogens (tertiary/aromatic N) is 1. The van der Waals surface area contributed by atoms with E-state index in [9.17, 15) is 19.8 Å². The molecule has 0 spiro atoms. The van der Waals surface area contributed by atoms with Gasteiger partial charge in [-0.25, -0.2) is 0 Å². The van der Waals surface area contributed by atoms with Crippen molar-refractivity contribution in [3.63, 3.8) is 0 Å². The molecule has 9 nitrogen and oxygen atoms in total. The molecule has 1 aromatic carbocycles. The first-order chi connectivity index (χ1) is 13.9. The molecule has 29 heavy (non-hydrogen) atoms. The summed E-state index contributed by atoms with van der Waals surface area (Å²) in [5.74, 6) is -1.69. The Morgan fingerprint density at radius 1 is 1.28 bits per heavy atom. The van der Waals surface area contributed by atoms with E-state index < -0.39 is 23.0 Å². The molecular weight excluding hydrogens is 380 g/mol. The van der Waals surface area contributed by atoms with Crippen molar-refractivity contribution in [1.82, 2.24) is 4.90 Å². The van der Waals surface area contributed by atoms with Gasteiger partial charge in [-0.1, -0.05) is 6.07 Å². The maximum atomic E-state index is 12.4. The van der Waals surface area contributed by atoms with Crippen LogP contribution < -0.4 is 15.9 Å². The molecule has 0 bridgehead atoms. The quantitative estimate of drug-likeness (QED) is 0.619. The standard InChI is InChI=1S/C20H24N2O7/c1-27-17-3-2-12(8-15(17)23)14(10-18(21)25)20-19(26)16(24)9-13(29-20)11-22-4-6-28-7-5-22/h2-3,8-9,14,23,26H,4-7,10-11H2,1H3,(H2,21,25)/t14-/m0/s1. The second-order valence-electron chi connectivity index (χ2n) is 6.83. The Hall–Kier alpha value is -3.04. The molecule has 4 N–H and O–H groups in total. The molecule has 1 aromatic heterocycles. The van der Waals surface area contributed by atoms with Crippen LogP contribution in [-0.2, 0) is 16.1 Å². The number of nitrogens with two attached hydrogens (primary N) is 1.